The van der Waals surface area contributed by atoms with E-state index in [0.29, 0.717) is 17.1 Å². The van der Waals surface area contributed by atoms with Gasteiger partial charge in [0, 0.05) is 35.9 Å². The molecular weight excluding hydrogens is 320 g/mol. The predicted molar refractivity (Wildman–Crippen MR) is 100.0 cm³/mol. The van der Waals surface area contributed by atoms with Crippen LogP contribution in [-0.4, -0.2) is 25.5 Å². The second kappa shape index (κ2) is 8.20. The van der Waals surface area contributed by atoms with E-state index < -0.39 is 0 Å². The van der Waals surface area contributed by atoms with E-state index in [1.807, 2.05) is 0 Å². The number of rotatable bonds is 6. The van der Waals surface area contributed by atoms with E-state index in [1.54, 1.807) is 24.3 Å². The predicted octanol–water partition coefficient (Wildman–Crippen LogP) is 4.30. The molecule has 1 aliphatic rings. The number of benzene rings is 2. The first-order valence-electron chi connectivity index (χ1n) is 8.60. The van der Waals surface area contributed by atoms with Crippen LogP contribution in [0.25, 0.3) is 0 Å². The highest BCUT2D eigenvalue weighted by Gasteiger charge is 2.11. The summed E-state index contributed by atoms with van der Waals surface area (Å²) in [6, 6.07) is 15.8. The Morgan fingerprint density at radius 2 is 1.67 bits per heavy atom. The van der Waals surface area contributed by atoms with Crippen molar-refractivity contribution in [2.45, 2.75) is 25.7 Å². The molecule has 1 amide bonds. The van der Waals surface area contributed by atoms with Gasteiger partial charge in [-0.05, 0) is 67.6 Å². The Balaban J connectivity index is 1.41. The van der Waals surface area contributed by atoms with Crippen molar-refractivity contribution >= 4 is 23.2 Å². The van der Waals surface area contributed by atoms with Gasteiger partial charge in [-0.15, -0.1) is 0 Å². The van der Waals surface area contributed by atoms with Gasteiger partial charge in [-0.25, -0.2) is 0 Å². The van der Waals surface area contributed by atoms with Gasteiger partial charge in [-0.1, -0.05) is 23.7 Å². The van der Waals surface area contributed by atoms with Crippen molar-refractivity contribution in [1.82, 2.24) is 5.32 Å². The second-order valence-corrected chi connectivity index (χ2v) is 6.66. The van der Waals surface area contributed by atoms with Crippen LogP contribution in [0.15, 0.2) is 48.5 Å². The first-order chi connectivity index (χ1) is 11.7. The Hall–Kier alpha value is -2.00. The Morgan fingerprint density at radius 1 is 1.00 bits per heavy atom. The lowest BCUT2D eigenvalue weighted by Crippen LogP contribution is -2.24. The summed E-state index contributed by atoms with van der Waals surface area (Å²) in [7, 11) is 0. The van der Waals surface area contributed by atoms with Crippen molar-refractivity contribution in [2.24, 2.45) is 0 Å². The standard InChI is InChI=1S/C20H23ClN2O/c21-18-9-7-17(8-10-18)20(24)22-13-3-4-16-5-11-19(12-6-16)23-14-1-2-15-23/h5-12H,1-4,13-15H2,(H,22,24). The number of halogens is 1. The number of amides is 1. The number of aryl methyl sites for hydroxylation is 1. The maximum Gasteiger partial charge on any atom is 0.251 e. The van der Waals surface area contributed by atoms with Crippen molar-refractivity contribution in [2.75, 3.05) is 24.5 Å². The lowest BCUT2D eigenvalue weighted by Gasteiger charge is -2.17. The summed E-state index contributed by atoms with van der Waals surface area (Å²) in [6.45, 7) is 3.03. The molecule has 1 N–H and O–H groups in total. The minimum Gasteiger partial charge on any atom is -0.372 e. The minimum absolute atomic E-state index is 0.0453. The second-order valence-electron chi connectivity index (χ2n) is 6.23. The summed E-state index contributed by atoms with van der Waals surface area (Å²) in [5.41, 5.74) is 3.29. The fraction of sp³-hybridized carbons (Fsp3) is 0.350. The zero-order valence-electron chi connectivity index (χ0n) is 13.8. The molecule has 4 heteroatoms. The van der Waals surface area contributed by atoms with Crippen molar-refractivity contribution in [3.05, 3.63) is 64.7 Å². The summed E-state index contributed by atoms with van der Waals surface area (Å²) in [6.07, 6.45) is 4.51. The smallest absolute Gasteiger partial charge is 0.251 e. The maximum absolute atomic E-state index is 12.0. The summed E-state index contributed by atoms with van der Waals surface area (Å²) in [5, 5.41) is 3.60. The molecule has 1 saturated heterocycles. The van der Waals surface area contributed by atoms with Gasteiger partial charge in [0.2, 0.25) is 0 Å². The molecule has 3 nitrogen and oxygen atoms in total. The van der Waals surface area contributed by atoms with E-state index >= 15 is 0 Å². The van der Waals surface area contributed by atoms with Crippen LogP contribution >= 0.6 is 11.6 Å². The molecule has 126 valence electrons. The van der Waals surface area contributed by atoms with Gasteiger partial charge >= 0.3 is 0 Å². The van der Waals surface area contributed by atoms with Crippen LogP contribution in [0, 0.1) is 0 Å². The van der Waals surface area contributed by atoms with Crippen LogP contribution in [0.1, 0.15) is 35.2 Å². The molecular formula is C20H23ClN2O. The Labute approximate surface area is 148 Å². The molecule has 0 aliphatic carbocycles. The fourth-order valence-corrected chi connectivity index (χ4v) is 3.17. The summed E-state index contributed by atoms with van der Waals surface area (Å²) < 4.78 is 0. The molecule has 0 bridgehead atoms. The van der Waals surface area contributed by atoms with Crippen LogP contribution in [0.3, 0.4) is 0 Å². The molecule has 1 fully saturated rings. The topological polar surface area (TPSA) is 32.3 Å². The molecule has 3 rings (SSSR count). The van der Waals surface area contributed by atoms with Crippen molar-refractivity contribution in [1.29, 1.82) is 0 Å². The third kappa shape index (κ3) is 4.51. The molecule has 0 spiro atoms. The van der Waals surface area contributed by atoms with Crippen LogP contribution < -0.4 is 10.2 Å². The maximum atomic E-state index is 12.0. The summed E-state index contributed by atoms with van der Waals surface area (Å²) in [4.78, 5) is 14.4. The van der Waals surface area contributed by atoms with E-state index in [-0.39, 0.29) is 5.91 Å². The van der Waals surface area contributed by atoms with Crippen LogP contribution in [0.4, 0.5) is 5.69 Å². The first kappa shape index (κ1) is 16.8. The van der Waals surface area contributed by atoms with Gasteiger partial charge in [0.05, 0.1) is 0 Å². The van der Waals surface area contributed by atoms with Crippen molar-refractivity contribution < 1.29 is 4.79 Å². The number of nitrogens with zero attached hydrogens (tertiary/aromatic N) is 1. The largest absolute Gasteiger partial charge is 0.372 e. The lowest BCUT2D eigenvalue weighted by atomic mass is 10.1. The van der Waals surface area contributed by atoms with Crippen LogP contribution in [-0.2, 0) is 6.42 Å². The van der Waals surface area contributed by atoms with Crippen LogP contribution in [0.2, 0.25) is 5.02 Å². The van der Waals surface area contributed by atoms with Gasteiger partial charge in [0.15, 0.2) is 0 Å². The number of hydrogen-bond donors (Lipinski definition) is 1. The SMILES string of the molecule is O=C(NCCCc1ccc(N2CCCC2)cc1)c1ccc(Cl)cc1. The average Bonchev–Trinajstić information content (AvgIpc) is 3.14. The van der Waals surface area contributed by atoms with Gasteiger partial charge < -0.3 is 10.2 Å². The zero-order chi connectivity index (χ0) is 16.8. The number of carbonyl (C=O) groups is 1. The molecule has 1 aliphatic heterocycles. The number of anilines is 1. The van der Waals surface area contributed by atoms with E-state index in [1.165, 1.54) is 37.2 Å². The third-order valence-corrected chi connectivity index (χ3v) is 4.69. The Kier molecular flexibility index (Phi) is 5.76. The quantitative estimate of drug-likeness (QED) is 0.794. The summed E-state index contributed by atoms with van der Waals surface area (Å²) in [5.74, 6) is -0.0453. The highest BCUT2D eigenvalue weighted by Crippen LogP contribution is 2.20. The van der Waals surface area contributed by atoms with E-state index in [2.05, 4.69) is 34.5 Å². The fourth-order valence-electron chi connectivity index (χ4n) is 3.05. The first-order valence-corrected chi connectivity index (χ1v) is 8.98. The van der Waals surface area contributed by atoms with Gasteiger partial charge in [-0.2, -0.15) is 0 Å². The van der Waals surface area contributed by atoms with Gasteiger partial charge in [-0.3, -0.25) is 4.79 Å². The van der Waals surface area contributed by atoms with Gasteiger partial charge in [0.1, 0.15) is 0 Å². The summed E-state index contributed by atoms with van der Waals surface area (Å²) >= 11 is 5.83. The minimum atomic E-state index is -0.0453. The molecule has 0 aromatic heterocycles. The molecule has 0 saturated carbocycles. The Morgan fingerprint density at radius 3 is 2.33 bits per heavy atom. The van der Waals surface area contributed by atoms with E-state index in [4.69, 9.17) is 11.6 Å². The highest BCUT2D eigenvalue weighted by molar-refractivity contribution is 6.30. The highest BCUT2D eigenvalue weighted by atomic mass is 35.5. The van der Waals surface area contributed by atoms with E-state index in [0.717, 1.165) is 12.8 Å². The third-order valence-electron chi connectivity index (χ3n) is 4.44. The monoisotopic (exact) mass is 342 g/mol. The van der Waals surface area contributed by atoms with Crippen molar-refractivity contribution in [3.63, 3.8) is 0 Å². The number of hydrogen-bond acceptors (Lipinski definition) is 2. The molecule has 1 heterocycles. The normalized spacial score (nSPS) is 14.0. The average molecular weight is 343 g/mol. The molecule has 0 radical (unpaired) electrons. The number of carbonyl (C=O) groups excluding carboxylic acids is 1. The number of nitrogens with one attached hydrogen (secondary N) is 1. The molecule has 2 aromatic rings. The molecule has 0 unspecified atom stereocenters. The van der Waals surface area contributed by atoms with E-state index in [9.17, 15) is 4.79 Å². The van der Waals surface area contributed by atoms with Crippen LogP contribution in [0.5, 0.6) is 0 Å². The molecule has 0 atom stereocenters. The molecule has 24 heavy (non-hydrogen) atoms. The molecule has 2 aromatic carbocycles. The Bertz CT molecular complexity index is 661. The van der Waals surface area contributed by atoms with Gasteiger partial charge in [0.25, 0.3) is 5.91 Å². The zero-order valence-corrected chi connectivity index (χ0v) is 14.6. The van der Waals surface area contributed by atoms with Crippen molar-refractivity contribution in [3.8, 4) is 0 Å². The lowest BCUT2D eigenvalue weighted by molar-refractivity contribution is 0.0953.